The molecule has 0 bridgehead atoms. The highest BCUT2D eigenvalue weighted by atomic mass is 19.3. The molecule has 1 aromatic carbocycles. The predicted molar refractivity (Wildman–Crippen MR) is 104 cm³/mol. The number of nitrogens with one attached hydrogen (secondary N) is 1. The summed E-state index contributed by atoms with van der Waals surface area (Å²) in [5.41, 5.74) is 4.96. The van der Waals surface area contributed by atoms with E-state index in [0.29, 0.717) is 12.7 Å². The molecule has 7 nitrogen and oxygen atoms in total. The summed E-state index contributed by atoms with van der Waals surface area (Å²) in [6.07, 6.45) is -0.747. The number of carbonyl (C=O) groups excluding carboxylic acids is 1. The number of benzene rings is 1. The first kappa shape index (κ1) is 21.2. The van der Waals surface area contributed by atoms with Gasteiger partial charge < -0.3 is 20.5 Å². The third kappa shape index (κ3) is 4.88. The average Bonchev–Trinajstić information content (AvgIpc) is 2.61. The van der Waals surface area contributed by atoms with Crippen molar-refractivity contribution in [2.75, 3.05) is 5.32 Å². The minimum atomic E-state index is -3.37. The molecule has 0 fully saturated rings. The SMILES string of the molecule is CC1=C[C@@](C)(c2cc(NC(=O)c3ccc(OC(C)(F)F)cn3)ccc2F)N=C(N)O1. The van der Waals surface area contributed by atoms with E-state index >= 15 is 0 Å². The predicted octanol–water partition coefficient (Wildman–Crippen LogP) is 3.93. The number of alkyl halides is 2. The monoisotopic (exact) mass is 420 g/mol. The van der Waals surface area contributed by atoms with Crippen molar-refractivity contribution < 1.29 is 27.4 Å². The number of hydrogen-bond acceptors (Lipinski definition) is 6. The van der Waals surface area contributed by atoms with Gasteiger partial charge in [-0.25, -0.2) is 14.4 Å². The van der Waals surface area contributed by atoms with Crippen LogP contribution in [0.25, 0.3) is 0 Å². The fourth-order valence-corrected chi connectivity index (χ4v) is 2.98. The molecule has 0 spiro atoms. The third-order valence-corrected chi connectivity index (χ3v) is 4.13. The summed E-state index contributed by atoms with van der Waals surface area (Å²) in [6, 6.07) is 6.32. The van der Waals surface area contributed by atoms with Crippen LogP contribution in [-0.4, -0.2) is 23.0 Å². The largest absolute Gasteiger partial charge is 0.431 e. The molecule has 1 aliphatic heterocycles. The number of aromatic nitrogens is 1. The second-order valence-corrected chi connectivity index (χ2v) is 6.89. The second-order valence-electron chi connectivity index (χ2n) is 6.89. The van der Waals surface area contributed by atoms with Crippen molar-refractivity contribution in [3.8, 4) is 5.75 Å². The van der Waals surface area contributed by atoms with Crippen molar-refractivity contribution in [3.63, 3.8) is 0 Å². The van der Waals surface area contributed by atoms with Gasteiger partial charge in [-0.2, -0.15) is 8.78 Å². The maximum atomic E-state index is 14.5. The first-order chi connectivity index (χ1) is 13.9. The summed E-state index contributed by atoms with van der Waals surface area (Å²) in [5.74, 6) is -0.886. The normalized spacial score (nSPS) is 18.7. The summed E-state index contributed by atoms with van der Waals surface area (Å²) in [7, 11) is 0. The number of rotatable bonds is 5. The maximum Gasteiger partial charge on any atom is 0.394 e. The number of allylic oxidation sites excluding steroid dienone is 1. The van der Waals surface area contributed by atoms with E-state index < -0.39 is 23.4 Å². The zero-order chi connectivity index (χ0) is 22.1. The van der Waals surface area contributed by atoms with Gasteiger partial charge in [-0.05, 0) is 50.3 Å². The van der Waals surface area contributed by atoms with Gasteiger partial charge >= 0.3 is 6.11 Å². The van der Waals surface area contributed by atoms with E-state index in [1.54, 1.807) is 19.9 Å². The highest BCUT2D eigenvalue weighted by Gasteiger charge is 2.31. The molecule has 0 saturated heterocycles. The smallest absolute Gasteiger partial charge is 0.394 e. The summed E-state index contributed by atoms with van der Waals surface area (Å²) in [4.78, 5) is 20.4. The van der Waals surface area contributed by atoms with Gasteiger partial charge in [-0.1, -0.05) is 0 Å². The Balaban J connectivity index is 1.82. The Morgan fingerprint density at radius 3 is 2.63 bits per heavy atom. The van der Waals surface area contributed by atoms with Crippen LogP contribution in [-0.2, 0) is 10.3 Å². The molecule has 3 N–H and O–H groups in total. The maximum absolute atomic E-state index is 14.5. The Hall–Kier alpha value is -3.56. The van der Waals surface area contributed by atoms with E-state index in [0.717, 1.165) is 6.20 Å². The van der Waals surface area contributed by atoms with Gasteiger partial charge in [0, 0.05) is 18.2 Å². The average molecular weight is 420 g/mol. The number of nitrogens with two attached hydrogens (primary N) is 1. The number of anilines is 1. The molecule has 30 heavy (non-hydrogen) atoms. The molecule has 3 rings (SSSR count). The zero-order valence-corrected chi connectivity index (χ0v) is 16.4. The van der Waals surface area contributed by atoms with Crippen LogP contribution in [0.2, 0.25) is 0 Å². The first-order valence-corrected chi connectivity index (χ1v) is 8.82. The van der Waals surface area contributed by atoms with E-state index in [1.807, 2.05) is 0 Å². The Morgan fingerprint density at radius 1 is 1.30 bits per heavy atom. The Kier molecular flexibility index (Phi) is 5.43. The molecule has 2 aromatic rings. The lowest BCUT2D eigenvalue weighted by Crippen LogP contribution is -2.30. The first-order valence-electron chi connectivity index (χ1n) is 8.82. The van der Waals surface area contributed by atoms with Gasteiger partial charge in [0.15, 0.2) is 0 Å². The van der Waals surface area contributed by atoms with Crippen molar-refractivity contribution in [3.05, 3.63) is 65.4 Å². The number of nitrogens with zero attached hydrogens (tertiary/aromatic N) is 2. The molecule has 1 amide bonds. The molecule has 158 valence electrons. The number of amidine groups is 1. The Labute approximate surface area is 170 Å². The lowest BCUT2D eigenvalue weighted by atomic mass is 9.90. The number of amides is 1. The second kappa shape index (κ2) is 7.69. The lowest BCUT2D eigenvalue weighted by Gasteiger charge is -2.27. The zero-order valence-electron chi connectivity index (χ0n) is 16.4. The molecular weight excluding hydrogens is 401 g/mol. The van der Waals surface area contributed by atoms with Crippen LogP contribution < -0.4 is 15.8 Å². The fraction of sp³-hybridized carbons (Fsp3) is 0.250. The van der Waals surface area contributed by atoms with Crippen LogP contribution in [0.15, 0.2) is 53.4 Å². The third-order valence-electron chi connectivity index (χ3n) is 4.13. The van der Waals surface area contributed by atoms with E-state index in [9.17, 15) is 18.0 Å². The molecule has 1 aliphatic rings. The quantitative estimate of drug-likeness (QED) is 0.764. The van der Waals surface area contributed by atoms with E-state index in [4.69, 9.17) is 10.5 Å². The van der Waals surface area contributed by atoms with E-state index in [1.165, 1.54) is 30.3 Å². The lowest BCUT2D eigenvalue weighted by molar-refractivity contribution is -0.159. The molecule has 0 unspecified atom stereocenters. The molecule has 0 radical (unpaired) electrons. The number of hydrogen-bond donors (Lipinski definition) is 2. The number of carbonyl (C=O) groups is 1. The van der Waals surface area contributed by atoms with Crippen LogP contribution >= 0.6 is 0 Å². The molecule has 0 aliphatic carbocycles. The van der Waals surface area contributed by atoms with Gasteiger partial charge in [-0.3, -0.25) is 4.79 Å². The van der Waals surface area contributed by atoms with Gasteiger partial charge in [-0.15, -0.1) is 0 Å². The van der Waals surface area contributed by atoms with Gasteiger partial charge in [0.25, 0.3) is 11.9 Å². The Morgan fingerprint density at radius 2 is 2.03 bits per heavy atom. The topological polar surface area (TPSA) is 98.8 Å². The van der Waals surface area contributed by atoms with Gasteiger partial charge in [0.2, 0.25) is 0 Å². The summed E-state index contributed by atoms with van der Waals surface area (Å²) in [6.45, 7) is 3.91. The summed E-state index contributed by atoms with van der Waals surface area (Å²) >= 11 is 0. The van der Waals surface area contributed by atoms with Crippen molar-refractivity contribution in [1.29, 1.82) is 0 Å². The number of halogens is 3. The van der Waals surface area contributed by atoms with E-state index in [2.05, 4.69) is 20.0 Å². The highest BCUT2D eigenvalue weighted by Crippen LogP contribution is 2.34. The van der Waals surface area contributed by atoms with Crippen LogP contribution in [0.1, 0.15) is 36.8 Å². The summed E-state index contributed by atoms with van der Waals surface area (Å²) < 4.78 is 49.8. The standard InChI is InChI=1S/C20H19F3N4O3/c1-11-9-19(2,27-18(24)29-11)14-8-12(4-6-15(14)21)26-17(28)16-7-5-13(10-25-16)30-20(3,22)23/h4-10H,1-3H3,(H2,24,27)(H,26,28)/t19-/m0/s1. The molecule has 10 heteroatoms. The van der Waals surface area contributed by atoms with E-state index in [-0.39, 0.29) is 28.7 Å². The van der Waals surface area contributed by atoms with Crippen LogP contribution in [0, 0.1) is 5.82 Å². The van der Waals surface area contributed by atoms with Crippen molar-refractivity contribution in [2.45, 2.75) is 32.4 Å². The minimum Gasteiger partial charge on any atom is -0.431 e. The minimum absolute atomic E-state index is 0.0390. The highest BCUT2D eigenvalue weighted by molar-refractivity contribution is 6.02. The Bertz CT molecular complexity index is 1010. The van der Waals surface area contributed by atoms with Crippen LogP contribution in [0.5, 0.6) is 5.75 Å². The van der Waals surface area contributed by atoms with Crippen LogP contribution in [0.3, 0.4) is 0 Å². The van der Waals surface area contributed by atoms with Crippen molar-refractivity contribution >= 4 is 17.6 Å². The molecular formula is C20H19F3N4O3. The molecule has 2 heterocycles. The van der Waals surface area contributed by atoms with Crippen molar-refractivity contribution in [2.24, 2.45) is 10.7 Å². The summed E-state index contributed by atoms with van der Waals surface area (Å²) in [5, 5.41) is 2.58. The number of aliphatic imine (C=N–C) groups is 1. The molecule has 1 atom stereocenters. The van der Waals surface area contributed by atoms with Crippen LogP contribution in [0.4, 0.5) is 18.9 Å². The molecule has 0 saturated carbocycles. The fourth-order valence-electron chi connectivity index (χ4n) is 2.98. The van der Waals surface area contributed by atoms with Gasteiger partial charge in [0.05, 0.1) is 6.20 Å². The number of pyridine rings is 1. The van der Waals surface area contributed by atoms with Gasteiger partial charge in [0.1, 0.15) is 28.6 Å². The van der Waals surface area contributed by atoms with Crippen molar-refractivity contribution in [1.82, 2.24) is 4.98 Å². The molecule has 1 aromatic heterocycles. The number of ether oxygens (including phenoxy) is 2.